The minimum absolute atomic E-state index is 0.864. The molecule has 0 amide bonds. The van der Waals surface area contributed by atoms with E-state index in [1.165, 1.54) is 152 Å². The van der Waals surface area contributed by atoms with Gasteiger partial charge in [0.1, 0.15) is 0 Å². The van der Waals surface area contributed by atoms with Crippen molar-refractivity contribution >= 4 is 11.4 Å². The first kappa shape index (κ1) is 33.2. The molecule has 0 saturated carbocycles. The van der Waals surface area contributed by atoms with Crippen molar-refractivity contribution in [1.82, 2.24) is 0 Å². The number of rotatable bonds is 26. The fourth-order valence-electron chi connectivity index (χ4n) is 5.37. The number of nitrogens with two attached hydrogens (primary N) is 2. The highest BCUT2D eigenvalue weighted by molar-refractivity contribution is 5.39. The van der Waals surface area contributed by atoms with E-state index in [4.69, 9.17) is 16.2 Å². The molecule has 0 atom stereocenters. The molecule has 2 aromatic rings. The number of hydrogen-bond acceptors (Lipinski definition) is 3. The second-order valence-corrected chi connectivity index (χ2v) is 11.7. The zero-order valence-corrected chi connectivity index (χ0v) is 25.2. The summed E-state index contributed by atoms with van der Waals surface area (Å²) in [6.45, 7) is 1.93. The Labute approximate surface area is 241 Å². The van der Waals surface area contributed by atoms with Crippen LogP contribution in [0.15, 0.2) is 48.5 Å². The highest BCUT2D eigenvalue weighted by Gasteiger charge is 1.98. The van der Waals surface area contributed by atoms with Crippen molar-refractivity contribution in [3.05, 3.63) is 59.7 Å². The van der Waals surface area contributed by atoms with Gasteiger partial charge in [-0.3, -0.25) is 0 Å². The van der Waals surface area contributed by atoms with Crippen LogP contribution in [0.3, 0.4) is 0 Å². The summed E-state index contributed by atoms with van der Waals surface area (Å²) in [5.41, 5.74) is 16.1. The highest BCUT2D eigenvalue weighted by atomic mass is 16.5. The van der Waals surface area contributed by atoms with Crippen molar-refractivity contribution in [2.24, 2.45) is 0 Å². The molecule has 0 fully saturated rings. The topological polar surface area (TPSA) is 61.3 Å². The SMILES string of the molecule is Nc1ccc(CCCCCCCCCCCCOCCCCCCCCCCCCc2ccc(N)cc2)cc1. The summed E-state index contributed by atoms with van der Waals surface area (Å²) in [6.07, 6.45) is 29.6. The highest BCUT2D eigenvalue weighted by Crippen LogP contribution is 2.15. The van der Waals surface area contributed by atoms with E-state index in [2.05, 4.69) is 24.3 Å². The van der Waals surface area contributed by atoms with Crippen LogP contribution in [0.1, 0.15) is 140 Å². The third-order valence-electron chi connectivity index (χ3n) is 7.97. The monoisotopic (exact) mass is 536 g/mol. The molecule has 0 aliphatic rings. The maximum Gasteiger partial charge on any atom is 0.0466 e. The molecule has 0 aliphatic heterocycles. The molecule has 0 unspecified atom stereocenters. The maximum atomic E-state index is 5.86. The van der Waals surface area contributed by atoms with E-state index < -0.39 is 0 Å². The van der Waals surface area contributed by atoms with Gasteiger partial charge in [0, 0.05) is 24.6 Å². The molecule has 0 bridgehead atoms. The van der Waals surface area contributed by atoms with Gasteiger partial charge in [0.2, 0.25) is 0 Å². The number of aryl methyl sites for hydroxylation is 2. The number of anilines is 2. The van der Waals surface area contributed by atoms with Gasteiger partial charge in [-0.2, -0.15) is 0 Å². The van der Waals surface area contributed by atoms with E-state index >= 15 is 0 Å². The van der Waals surface area contributed by atoms with Crippen LogP contribution in [-0.4, -0.2) is 13.2 Å². The largest absolute Gasteiger partial charge is 0.399 e. The lowest BCUT2D eigenvalue weighted by atomic mass is 10.0. The Morgan fingerprint density at radius 1 is 0.333 bits per heavy atom. The summed E-state index contributed by atoms with van der Waals surface area (Å²) >= 11 is 0. The van der Waals surface area contributed by atoms with Gasteiger partial charge in [0.25, 0.3) is 0 Å². The Hall–Kier alpha value is -2.00. The van der Waals surface area contributed by atoms with Gasteiger partial charge in [-0.15, -0.1) is 0 Å². The Morgan fingerprint density at radius 2 is 0.590 bits per heavy atom. The van der Waals surface area contributed by atoms with Crippen molar-refractivity contribution in [3.8, 4) is 0 Å². The molecule has 3 nitrogen and oxygen atoms in total. The fraction of sp³-hybridized carbons (Fsp3) is 0.667. The van der Waals surface area contributed by atoms with Crippen molar-refractivity contribution in [3.63, 3.8) is 0 Å². The second-order valence-electron chi connectivity index (χ2n) is 11.7. The number of benzene rings is 2. The molecular weight excluding hydrogens is 476 g/mol. The normalized spacial score (nSPS) is 11.3. The zero-order valence-electron chi connectivity index (χ0n) is 25.2. The second kappa shape index (κ2) is 23.9. The molecule has 3 heteroatoms. The van der Waals surface area contributed by atoms with Crippen molar-refractivity contribution in [2.75, 3.05) is 24.7 Å². The van der Waals surface area contributed by atoms with Crippen LogP contribution in [-0.2, 0) is 17.6 Å². The van der Waals surface area contributed by atoms with Crippen LogP contribution in [0, 0.1) is 0 Å². The lowest BCUT2D eigenvalue weighted by molar-refractivity contribution is 0.125. The van der Waals surface area contributed by atoms with Crippen LogP contribution in [0.5, 0.6) is 0 Å². The van der Waals surface area contributed by atoms with E-state index in [9.17, 15) is 0 Å². The van der Waals surface area contributed by atoms with Crippen molar-refractivity contribution < 1.29 is 4.74 Å². The third kappa shape index (κ3) is 19.7. The van der Waals surface area contributed by atoms with E-state index in [-0.39, 0.29) is 0 Å². The first-order valence-corrected chi connectivity index (χ1v) is 16.5. The van der Waals surface area contributed by atoms with Gasteiger partial charge in [-0.05, 0) is 73.9 Å². The molecule has 0 radical (unpaired) electrons. The van der Waals surface area contributed by atoms with Crippen LogP contribution in [0.4, 0.5) is 11.4 Å². The first-order chi connectivity index (χ1) is 19.2. The lowest BCUT2D eigenvalue weighted by Crippen LogP contribution is -1.97. The van der Waals surface area contributed by atoms with Gasteiger partial charge in [-0.1, -0.05) is 127 Å². The predicted octanol–water partition coefficient (Wildman–Crippen LogP) is 10.5. The summed E-state index contributed by atoms with van der Waals surface area (Å²) in [5.74, 6) is 0. The molecule has 4 N–H and O–H groups in total. The van der Waals surface area contributed by atoms with Crippen LogP contribution >= 0.6 is 0 Å². The van der Waals surface area contributed by atoms with E-state index in [0.29, 0.717) is 0 Å². The molecular formula is C36H60N2O. The summed E-state index contributed by atoms with van der Waals surface area (Å²) in [5, 5.41) is 0. The summed E-state index contributed by atoms with van der Waals surface area (Å²) in [6, 6.07) is 16.7. The number of hydrogen-bond donors (Lipinski definition) is 2. The zero-order chi connectivity index (χ0) is 27.6. The van der Waals surface area contributed by atoms with E-state index in [1.807, 2.05) is 24.3 Å². The van der Waals surface area contributed by atoms with Crippen molar-refractivity contribution in [1.29, 1.82) is 0 Å². The number of unbranched alkanes of at least 4 members (excludes halogenated alkanes) is 18. The fourth-order valence-corrected chi connectivity index (χ4v) is 5.37. The lowest BCUT2D eigenvalue weighted by Gasteiger charge is -2.06. The molecule has 2 rings (SSSR count). The Kier molecular flexibility index (Phi) is 20.3. The van der Waals surface area contributed by atoms with Gasteiger partial charge < -0.3 is 16.2 Å². The number of ether oxygens (including phenoxy) is 1. The Morgan fingerprint density at radius 3 is 0.897 bits per heavy atom. The minimum atomic E-state index is 0.864. The van der Waals surface area contributed by atoms with Crippen LogP contribution in [0.2, 0.25) is 0 Å². The van der Waals surface area contributed by atoms with Crippen LogP contribution in [0.25, 0.3) is 0 Å². The van der Waals surface area contributed by atoms with E-state index in [1.54, 1.807) is 0 Å². The Bertz CT molecular complexity index is 719. The molecule has 0 spiro atoms. The molecule has 0 aliphatic carbocycles. The van der Waals surface area contributed by atoms with Crippen molar-refractivity contribution in [2.45, 2.75) is 141 Å². The smallest absolute Gasteiger partial charge is 0.0466 e. The molecule has 0 saturated heterocycles. The predicted molar refractivity (Wildman–Crippen MR) is 172 cm³/mol. The summed E-state index contributed by atoms with van der Waals surface area (Å²) in [4.78, 5) is 0. The standard InChI is InChI=1S/C36H60N2O/c37-35-27-23-33(24-28-35)21-17-13-9-5-1-3-7-11-15-19-31-39-32-20-16-12-8-4-2-6-10-14-18-22-34-25-29-36(38)30-26-34/h23-30H,1-22,31-32,37-38H2. The maximum absolute atomic E-state index is 5.86. The average molecular weight is 537 g/mol. The minimum Gasteiger partial charge on any atom is -0.399 e. The molecule has 2 aromatic carbocycles. The molecule has 39 heavy (non-hydrogen) atoms. The first-order valence-electron chi connectivity index (χ1n) is 16.5. The van der Waals surface area contributed by atoms with Gasteiger partial charge in [-0.25, -0.2) is 0 Å². The third-order valence-corrected chi connectivity index (χ3v) is 7.97. The average Bonchev–Trinajstić information content (AvgIpc) is 2.95. The molecule has 0 heterocycles. The van der Waals surface area contributed by atoms with Gasteiger partial charge >= 0.3 is 0 Å². The molecule has 220 valence electrons. The molecule has 0 aromatic heterocycles. The van der Waals surface area contributed by atoms with Gasteiger partial charge in [0.05, 0.1) is 0 Å². The quantitative estimate of drug-likeness (QED) is 0.0928. The summed E-state index contributed by atoms with van der Waals surface area (Å²) < 4.78 is 5.86. The van der Waals surface area contributed by atoms with E-state index in [0.717, 1.165) is 24.6 Å². The van der Waals surface area contributed by atoms with Gasteiger partial charge in [0.15, 0.2) is 0 Å². The van der Waals surface area contributed by atoms with Crippen LogP contribution < -0.4 is 11.5 Å². The Balaban J connectivity index is 1.18. The summed E-state index contributed by atoms with van der Waals surface area (Å²) in [7, 11) is 0. The number of nitrogen functional groups attached to an aromatic ring is 2.